The first kappa shape index (κ1) is 17.7. The molecule has 0 spiro atoms. The van der Waals surface area contributed by atoms with Gasteiger partial charge >= 0.3 is 11.8 Å². The fourth-order valence-electron chi connectivity index (χ4n) is 1.79. The summed E-state index contributed by atoms with van der Waals surface area (Å²) in [5.74, 6) is -1.50. The summed E-state index contributed by atoms with van der Waals surface area (Å²) in [6.45, 7) is 8.74. The fourth-order valence-corrected chi connectivity index (χ4v) is 1.79. The summed E-state index contributed by atoms with van der Waals surface area (Å²) in [5.41, 5.74) is 1.40. The molecule has 0 fully saturated rings. The van der Waals surface area contributed by atoms with Crippen LogP contribution in [-0.4, -0.2) is 30.4 Å². The number of hydrogen-bond donors (Lipinski definition) is 3. The van der Waals surface area contributed by atoms with Gasteiger partial charge in [0, 0.05) is 18.6 Å². The Balaban J connectivity index is 2.54. The zero-order chi connectivity index (χ0) is 16.8. The van der Waals surface area contributed by atoms with Gasteiger partial charge in [-0.1, -0.05) is 12.1 Å². The molecule has 22 heavy (non-hydrogen) atoms. The van der Waals surface area contributed by atoms with Crippen molar-refractivity contribution in [1.82, 2.24) is 10.6 Å². The van der Waals surface area contributed by atoms with Crippen LogP contribution in [0.2, 0.25) is 0 Å². The largest absolute Gasteiger partial charge is 0.347 e. The summed E-state index contributed by atoms with van der Waals surface area (Å²) in [6.07, 6.45) is 0. The normalized spacial score (nSPS) is 10.7. The topological polar surface area (TPSA) is 94.0 Å². The summed E-state index contributed by atoms with van der Waals surface area (Å²) < 4.78 is 0. The first-order valence-electron chi connectivity index (χ1n) is 7.08. The number of nitrogens with zero attached hydrogens (tertiary/aromatic N) is 1. The van der Waals surface area contributed by atoms with E-state index in [1.807, 2.05) is 26.8 Å². The molecule has 0 bridgehead atoms. The van der Waals surface area contributed by atoms with Crippen LogP contribution in [0, 0.1) is 18.3 Å². The molecule has 0 aromatic heterocycles. The smallest absolute Gasteiger partial charge is 0.313 e. The Morgan fingerprint density at radius 2 is 1.86 bits per heavy atom. The van der Waals surface area contributed by atoms with Crippen molar-refractivity contribution in [1.29, 1.82) is 5.26 Å². The summed E-state index contributed by atoms with van der Waals surface area (Å²) in [4.78, 5) is 23.6. The molecule has 0 aliphatic heterocycles. The van der Waals surface area contributed by atoms with Gasteiger partial charge in [0.2, 0.25) is 0 Å². The van der Waals surface area contributed by atoms with Gasteiger partial charge in [-0.15, -0.1) is 0 Å². The van der Waals surface area contributed by atoms with E-state index in [9.17, 15) is 9.59 Å². The minimum absolute atomic E-state index is 0.0454. The third-order valence-corrected chi connectivity index (χ3v) is 2.90. The van der Waals surface area contributed by atoms with E-state index in [-0.39, 0.29) is 5.54 Å². The highest BCUT2D eigenvalue weighted by Crippen LogP contribution is 2.17. The summed E-state index contributed by atoms with van der Waals surface area (Å²) >= 11 is 0. The number of amides is 2. The summed E-state index contributed by atoms with van der Waals surface area (Å²) in [6, 6.07) is 7.11. The number of rotatable bonds is 4. The number of carbonyl (C=O) groups is 2. The van der Waals surface area contributed by atoms with Crippen molar-refractivity contribution in [3.8, 4) is 6.07 Å². The molecule has 0 atom stereocenters. The van der Waals surface area contributed by atoms with E-state index in [0.29, 0.717) is 24.3 Å². The minimum Gasteiger partial charge on any atom is -0.347 e. The van der Waals surface area contributed by atoms with Crippen molar-refractivity contribution in [2.75, 3.05) is 18.4 Å². The molecule has 1 rings (SSSR count). The minimum atomic E-state index is -0.780. The maximum Gasteiger partial charge on any atom is 0.313 e. The molecular weight excluding hydrogens is 280 g/mol. The standard InChI is InChI=1S/C16H22N4O2/c1-11-6-5-7-13(12(11)10-17)20-15(22)14(21)18-8-9-19-16(2,3)4/h5-7,19H,8-9H2,1-4H3,(H,18,21)(H,20,22). The van der Waals surface area contributed by atoms with E-state index < -0.39 is 11.8 Å². The molecule has 0 aliphatic rings. The molecular formula is C16H22N4O2. The van der Waals surface area contributed by atoms with Gasteiger partial charge in [-0.2, -0.15) is 5.26 Å². The number of hydrogen-bond acceptors (Lipinski definition) is 4. The Bertz CT molecular complexity index is 597. The summed E-state index contributed by atoms with van der Waals surface area (Å²) in [5, 5.41) is 17.3. The number of carbonyl (C=O) groups excluding carboxylic acids is 2. The second kappa shape index (κ2) is 7.57. The van der Waals surface area contributed by atoms with E-state index in [0.717, 1.165) is 5.56 Å². The van der Waals surface area contributed by atoms with Crippen molar-refractivity contribution in [2.24, 2.45) is 0 Å². The quantitative estimate of drug-likeness (QED) is 0.577. The van der Waals surface area contributed by atoms with Crippen LogP contribution in [0.4, 0.5) is 5.69 Å². The van der Waals surface area contributed by atoms with Crippen molar-refractivity contribution < 1.29 is 9.59 Å². The molecule has 6 heteroatoms. The van der Waals surface area contributed by atoms with Crippen LogP contribution in [-0.2, 0) is 9.59 Å². The van der Waals surface area contributed by atoms with Gasteiger partial charge in [-0.3, -0.25) is 9.59 Å². The van der Waals surface area contributed by atoms with Crippen LogP contribution < -0.4 is 16.0 Å². The zero-order valence-electron chi connectivity index (χ0n) is 13.4. The first-order valence-corrected chi connectivity index (χ1v) is 7.08. The second-order valence-electron chi connectivity index (χ2n) is 6.00. The lowest BCUT2D eigenvalue weighted by Crippen LogP contribution is -2.43. The van der Waals surface area contributed by atoms with Crippen LogP contribution >= 0.6 is 0 Å². The van der Waals surface area contributed by atoms with Crippen molar-refractivity contribution in [3.05, 3.63) is 29.3 Å². The molecule has 0 heterocycles. The molecule has 2 amide bonds. The van der Waals surface area contributed by atoms with Gasteiger partial charge in [-0.05, 0) is 39.3 Å². The van der Waals surface area contributed by atoms with E-state index in [1.165, 1.54) is 0 Å². The van der Waals surface area contributed by atoms with Crippen LogP contribution in [0.25, 0.3) is 0 Å². The second-order valence-corrected chi connectivity index (χ2v) is 6.00. The average Bonchev–Trinajstić information content (AvgIpc) is 2.42. The molecule has 0 saturated heterocycles. The third kappa shape index (κ3) is 5.54. The Hall–Kier alpha value is -2.39. The lowest BCUT2D eigenvalue weighted by Gasteiger charge is -2.20. The molecule has 0 unspecified atom stereocenters. The highest BCUT2D eigenvalue weighted by atomic mass is 16.2. The Labute approximate surface area is 130 Å². The van der Waals surface area contributed by atoms with Crippen molar-refractivity contribution in [3.63, 3.8) is 0 Å². The highest BCUT2D eigenvalue weighted by Gasteiger charge is 2.16. The number of aryl methyl sites for hydroxylation is 1. The Kier molecular flexibility index (Phi) is 6.08. The lowest BCUT2D eigenvalue weighted by atomic mass is 10.1. The van der Waals surface area contributed by atoms with Gasteiger partial charge in [0.15, 0.2) is 0 Å². The van der Waals surface area contributed by atoms with E-state index in [2.05, 4.69) is 16.0 Å². The fraction of sp³-hybridized carbons (Fsp3) is 0.438. The highest BCUT2D eigenvalue weighted by molar-refractivity contribution is 6.39. The number of nitriles is 1. The Morgan fingerprint density at radius 1 is 1.18 bits per heavy atom. The van der Waals surface area contributed by atoms with E-state index >= 15 is 0 Å². The maximum atomic E-state index is 11.8. The van der Waals surface area contributed by atoms with E-state index in [1.54, 1.807) is 25.1 Å². The molecule has 3 N–H and O–H groups in total. The number of nitrogens with one attached hydrogen (secondary N) is 3. The van der Waals surface area contributed by atoms with Crippen LogP contribution in [0.1, 0.15) is 31.9 Å². The van der Waals surface area contributed by atoms with Crippen LogP contribution in [0.3, 0.4) is 0 Å². The molecule has 6 nitrogen and oxygen atoms in total. The first-order chi connectivity index (χ1) is 10.2. The predicted molar refractivity (Wildman–Crippen MR) is 85.3 cm³/mol. The molecule has 1 aromatic rings. The monoisotopic (exact) mass is 302 g/mol. The average molecular weight is 302 g/mol. The van der Waals surface area contributed by atoms with Crippen molar-refractivity contribution >= 4 is 17.5 Å². The molecule has 1 aromatic carbocycles. The summed E-state index contributed by atoms with van der Waals surface area (Å²) in [7, 11) is 0. The Morgan fingerprint density at radius 3 is 2.45 bits per heavy atom. The maximum absolute atomic E-state index is 11.8. The molecule has 0 aliphatic carbocycles. The van der Waals surface area contributed by atoms with Gasteiger partial charge in [-0.25, -0.2) is 0 Å². The molecule has 0 saturated carbocycles. The number of anilines is 1. The predicted octanol–water partition coefficient (Wildman–Crippen LogP) is 1.31. The van der Waals surface area contributed by atoms with Gasteiger partial charge < -0.3 is 16.0 Å². The SMILES string of the molecule is Cc1cccc(NC(=O)C(=O)NCCNC(C)(C)C)c1C#N. The van der Waals surface area contributed by atoms with E-state index in [4.69, 9.17) is 5.26 Å². The van der Waals surface area contributed by atoms with Crippen molar-refractivity contribution in [2.45, 2.75) is 33.2 Å². The molecule has 0 radical (unpaired) electrons. The number of benzene rings is 1. The van der Waals surface area contributed by atoms with Gasteiger partial charge in [0.1, 0.15) is 6.07 Å². The molecule has 118 valence electrons. The van der Waals surface area contributed by atoms with Crippen LogP contribution in [0.15, 0.2) is 18.2 Å². The lowest BCUT2D eigenvalue weighted by molar-refractivity contribution is -0.136. The van der Waals surface area contributed by atoms with Crippen LogP contribution in [0.5, 0.6) is 0 Å². The third-order valence-electron chi connectivity index (χ3n) is 2.90. The van der Waals surface area contributed by atoms with Gasteiger partial charge in [0.25, 0.3) is 0 Å². The zero-order valence-corrected chi connectivity index (χ0v) is 13.4. The van der Waals surface area contributed by atoms with Gasteiger partial charge in [0.05, 0.1) is 11.3 Å².